The van der Waals surface area contributed by atoms with Gasteiger partial charge in [-0.2, -0.15) is 8.78 Å². The van der Waals surface area contributed by atoms with E-state index in [4.69, 9.17) is 0 Å². The number of carbonyl (C=O) groups excluding carboxylic acids is 1. The van der Waals surface area contributed by atoms with Crippen LogP contribution in [0.25, 0.3) is 0 Å². The zero-order valence-electron chi connectivity index (χ0n) is 12.4. The molecule has 0 atom stereocenters. The van der Waals surface area contributed by atoms with E-state index in [-0.39, 0.29) is 37.2 Å². The van der Waals surface area contributed by atoms with Crippen molar-refractivity contribution in [1.82, 2.24) is 10.6 Å². The molecule has 22 heavy (non-hydrogen) atoms. The highest BCUT2D eigenvalue weighted by Crippen LogP contribution is 2.27. The summed E-state index contributed by atoms with van der Waals surface area (Å²) in [5, 5.41) is 5.79. The number of nitrogens with one attached hydrogen (secondary N) is 2. The first-order valence-corrected chi connectivity index (χ1v) is 7.06. The van der Waals surface area contributed by atoms with E-state index in [0.29, 0.717) is 11.5 Å². The Bertz CT molecular complexity index is 496. The minimum absolute atomic E-state index is 0. The zero-order chi connectivity index (χ0) is 15.2. The lowest BCUT2D eigenvalue weighted by Gasteiger charge is -2.12. The number of rotatable bonds is 8. The van der Waals surface area contributed by atoms with Crippen molar-refractivity contribution < 1.29 is 18.3 Å². The molecule has 2 rings (SSSR count). The molecule has 0 aromatic heterocycles. The van der Waals surface area contributed by atoms with Gasteiger partial charge < -0.3 is 15.4 Å². The van der Waals surface area contributed by atoms with E-state index in [1.165, 1.54) is 18.9 Å². The molecule has 1 aromatic rings. The minimum atomic E-state index is -2.87. The van der Waals surface area contributed by atoms with E-state index in [1.54, 1.807) is 12.1 Å². The van der Waals surface area contributed by atoms with Crippen molar-refractivity contribution in [3.63, 3.8) is 0 Å². The normalized spacial score (nSPS) is 13.6. The number of hydrogen-bond donors (Lipinski definition) is 2. The Balaban J connectivity index is 0.00000242. The fourth-order valence-electron chi connectivity index (χ4n) is 2.03. The van der Waals surface area contributed by atoms with Gasteiger partial charge in [0.15, 0.2) is 0 Å². The maximum atomic E-state index is 12.3. The van der Waals surface area contributed by atoms with Crippen LogP contribution in [-0.4, -0.2) is 25.6 Å². The summed E-state index contributed by atoms with van der Waals surface area (Å²) in [5.41, 5.74) is 1.47. The van der Waals surface area contributed by atoms with Crippen molar-refractivity contribution in [3.8, 4) is 5.75 Å². The number of benzene rings is 1. The molecule has 0 aliphatic heterocycles. The van der Waals surface area contributed by atoms with Crippen LogP contribution in [0.2, 0.25) is 0 Å². The second kappa shape index (κ2) is 8.90. The van der Waals surface area contributed by atoms with E-state index in [9.17, 15) is 13.6 Å². The molecule has 7 heteroatoms. The highest BCUT2D eigenvalue weighted by Gasteiger charge is 2.20. The van der Waals surface area contributed by atoms with E-state index < -0.39 is 6.61 Å². The summed E-state index contributed by atoms with van der Waals surface area (Å²) >= 11 is 0. The number of aryl methyl sites for hydroxylation is 1. The molecule has 1 saturated carbocycles. The fourth-order valence-corrected chi connectivity index (χ4v) is 2.03. The van der Waals surface area contributed by atoms with E-state index in [2.05, 4.69) is 15.4 Å². The molecule has 1 aliphatic carbocycles. The van der Waals surface area contributed by atoms with Gasteiger partial charge in [-0.1, -0.05) is 17.7 Å². The van der Waals surface area contributed by atoms with E-state index in [1.807, 2.05) is 6.92 Å². The van der Waals surface area contributed by atoms with Crippen LogP contribution in [-0.2, 0) is 11.3 Å². The molecule has 0 radical (unpaired) electrons. The third-order valence-electron chi connectivity index (χ3n) is 3.32. The highest BCUT2D eigenvalue weighted by atomic mass is 35.5. The minimum Gasteiger partial charge on any atom is -0.434 e. The van der Waals surface area contributed by atoms with Crippen molar-refractivity contribution in [2.45, 2.75) is 32.9 Å². The summed E-state index contributed by atoms with van der Waals surface area (Å²) in [6.07, 6.45) is 2.46. The Morgan fingerprint density at radius 1 is 1.41 bits per heavy atom. The number of amides is 1. The maximum absolute atomic E-state index is 12.3. The van der Waals surface area contributed by atoms with Gasteiger partial charge in [0, 0.05) is 12.1 Å². The van der Waals surface area contributed by atoms with Crippen molar-refractivity contribution in [2.24, 2.45) is 5.92 Å². The first-order valence-electron chi connectivity index (χ1n) is 7.06. The van der Waals surface area contributed by atoms with Crippen LogP contribution in [0.5, 0.6) is 5.75 Å². The molecule has 1 aliphatic rings. The number of carbonyl (C=O) groups is 1. The molecule has 124 valence electrons. The molecule has 0 heterocycles. The molecule has 1 amide bonds. The van der Waals surface area contributed by atoms with Gasteiger partial charge in [0.1, 0.15) is 5.75 Å². The average molecular weight is 335 g/mol. The van der Waals surface area contributed by atoms with Crippen LogP contribution in [0.3, 0.4) is 0 Å². The van der Waals surface area contributed by atoms with Gasteiger partial charge in [-0.3, -0.25) is 4.79 Å². The lowest BCUT2D eigenvalue weighted by atomic mass is 10.1. The van der Waals surface area contributed by atoms with Gasteiger partial charge in [-0.15, -0.1) is 12.4 Å². The number of ether oxygens (including phenoxy) is 1. The Morgan fingerprint density at radius 3 is 2.77 bits per heavy atom. The standard InChI is InChI=1S/C15H20F2N2O2.ClH/c1-10-2-5-13(21-15(16)17)12(6-10)8-19-14(20)9-18-7-11-3-4-11;/h2,5-6,11,15,18H,3-4,7-9H2,1H3,(H,19,20);1H. The maximum Gasteiger partial charge on any atom is 0.387 e. The summed E-state index contributed by atoms with van der Waals surface area (Å²) < 4.78 is 29.1. The summed E-state index contributed by atoms with van der Waals surface area (Å²) in [6, 6.07) is 4.92. The van der Waals surface area contributed by atoms with Gasteiger partial charge in [0.25, 0.3) is 0 Å². The first-order chi connectivity index (χ1) is 10.0. The quantitative estimate of drug-likeness (QED) is 0.768. The Labute approximate surface area is 135 Å². The van der Waals surface area contributed by atoms with Crippen LogP contribution in [0.15, 0.2) is 18.2 Å². The Kier molecular flexibility index (Phi) is 7.55. The number of alkyl halides is 2. The third kappa shape index (κ3) is 6.58. The van der Waals surface area contributed by atoms with Crippen molar-refractivity contribution in [1.29, 1.82) is 0 Å². The molecule has 0 unspecified atom stereocenters. The Hall–Kier alpha value is -1.40. The van der Waals surface area contributed by atoms with Crippen LogP contribution < -0.4 is 15.4 Å². The molecular formula is C15H21ClF2N2O2. The third-order valence-corrected chi connectivity index (χ3v) is 3.32. The molecule has 0 spiro atoms. The van der Waals surface area contributed by atoms with E-state index >= 15 is 0 Å². The molecular weight excluding hydrogens is 314 g/mol. The average Bonchev–Trinajstić information content (AvgIpc) is 3.22. The molecule has 1 aromatic carbocycles. The highest BCUT2D eigenvalue weighted by molar-refractivity contribution is 5.85. The van der Waals surface area contributed by atoms with Gasteiger partial charge in [-0.05, 0) is 38.3 Å². The summed E-state index contributed by atoms with van der Waals surface area (Å²) in [7, 11) is 0. The molecule has 1 fully saturated rings. The lowest BCUT2D eigenvalue weighted by molar-refractivity contribution is -0.120. The van der Waals surface area contributed by atoms with Crippen LogP contribution in [0, 0.1) is 12.8 Å². The summed E-state index contributed by atoms with van der Waals surface area (Å²) in [5.74, 6) is 0.655. The Morgan fingerprint density at radius 2 is 2.14 bits per heavy atom. The van der Waals surface area contributed by atoms with E-state index in [0.717, 1.165) is 12.1 Å². The van der Waals surface area contributed by atoms with Gasteiger partial charge in [-0.25, -0.2) is 0 Å². The largest absolute Gasteiger partial charge is 0.434 e. The van der Waals surface area contributed by atoms with Crippen molar-refractivity contribution in [2.75, 3.05) is 13.1 Å². The first kappa shape index (κ1) is 18.6. The monoisotopic (exact) mass is 334 g/mol. The number of halogens is 3. The predicted octanol–water partition coefficient (Wildman–Crippen LogP) is 2.63. The molecule has 2 N–H and O–H groups in total. The van der Waals surface area contributed by atoms with Crippen LogP contribution in [0.4, 0.5) is 8.78 Å². The second-order valence-electron chi connectivity index (χ2n) is 5.34. The van der Waals surface area contributed by atoms with Crippen LogP contribution in [0.1, 0.15) is 24.0 Å². The SMILES string of the molecule is Cc1ccc(OC(F)F)c(CNC(=O)CNCC2CC2)c1.Cl. The fraction of sp³-hybridized carbons (Fsp3) is 0.533. The number of hydrogen-bond acceptors (Lipinski definition) is 3. The van der Waals surface area contributed by atoms with Crippen molar-refractivity contribution >= 4 is 18.3 Å². The molecule has 4 nitrogen and oxygen atoms in total. The summed E-state index contributed by atoms with van der Waals surface area (Å²) in [4.78, 5) is 11.7. The van der Waals surface area contributed by atoms with Gasteiger partial charge in [0.2, 0.25) is 5.91 Å². The molecule has 0 bridgehead atoms. The predicted molar refractivity (Wildman–Crippen MR) is 82.5 cm³/mol. The van der Waals surface area contributed by atoms with Crippen LogP contribution >= 0.6 is 12.4 Å². The van der Waals surface area contributed by atoms with Gasteiger partial charge >= 0.3 is 6.61 Å². The van der Waals surface area contributed by atoms with Crippen molar-refractivity contribution in [3.05, 3.63) is 29.3 Å². The topological polar surface area (TPSA) is 50.4 Å². The zero-order valence-corrected chi connectivity index (χ0v) is 13.2. The molecule has 0 saturated heterocycles. The lowest BCUT2D eigenvalue weighted by Crippen LogP contribution is -2.34. The smallest absolute Gasteiger partial charge is 0.387 e. The summed E-state index contributed by atoms with van der Waals surface area (Å²) in [6.45, 7) is 0.259. The second-order valence-corrected chi connectivity index (χ2v) is 5.34. The van der Waals surface area contributed by atoms with Gasteiger partial charge in [0.05, 0.1) is 6.54 Å².